The predicted molar refractivity (Wildman–Crippen MR) is 103 cm³/mol. The van der Waals surface area contributed by atoms with Gasteiger partial charge in [-0.25, -0.2) is 0 Å². The molecule has 1 heterocycles. The summed E-state index contributed by atoms with van der Waals surface area (Å²) in [6.07, 6.45) is 1.18. The summed E-state index contributed by atoms with van der Waals surface area (Å²) in [6, 6.07) is 6.88. The second kappa shape index (κ2) is 9.79. The normalized spacial score (nSPS) is 18.4. The maximum Gasteiger partial charge on any atom is 0.251 e. The van der Waals surface area contributed by atoms with E-state index in [4.69, 9.17) is 11.6 Å². The number of aliphatic imine (C=N–C) groups is 1. The van der Waals surface area contributed by atoms with Gasteiger partial charge in [-0.2, -0.15) is 11.8 Å². The van der Waals surface area contributed by atoms with Crippen molar-refractivity contribution >= 4 is 35.2 Å². The zero-order valence-electron chi connectivity index (χ0n) is 14.2. The topological polar surface area (TPSA) is 56.7 Å². The van der Waals surface area contributed by atoms with Crippen molar-refractivity contribution in [2.45, 2.75) is 18.6 Å². The molecule has 132 valence electrons. The minimum Gasteiger partial charge on any atom is -0.354 e. The Morgan fingerprint density at radius 3 is 2.71 bits per heavy atom. The van der Waals surface area contributed by atoms with E-state index < -0.39 is 0 Å². The molecule has 7 heteroatoms. The molecule has 0 radical (unpaired) electrons. The summed E-state index contributed by atoms with van der Waals surface area (Å²) in [7, 11) is 1.80. The van der Waals surface area contributed by atoms with Crippen LogP contribution in [-0.4, -0.2) is 61.0 Å². The molecule has 0 aliphatic carbocycles. The minimum absolute atomic E-state index is 0.0936. The molecule has 1 amide bonds. The Hall–Kier alpha value is -1.40. The van der Waals surface area contributed by atoms with Crippen LogP contribution in [0.15, 0.2) is 29.3 Å². The Labute approximate surface area is 153 Å². The van der Waals surface area contributed by atoms with Crippen LogP contribution in [0.25, 0.3) is 0 Å². The van der Waals surface area contributed by atoms with Gasteiger partial charge < -0.3 is 15.5 Å². The molecule has 1 aliphatic heterocycles. The third kappa shape index (κ3) is 5.60. The number of nitrogens with one attached hydrogen (secondary N) is 2. The van der Waals surface area contributed by atoms with Crippen molar-refractivity contribution in [3.8, 4) is 0 Å². The van der Waals surface area contributed by atoms with Gasteiger partial charge in [0, 0.05) is 54.8 Å². The maximum absolute atomic E-state index is 12.0. The Morgan fingerprint density at radius 1 is 1.33 bits per heavy atom. The third-order valence-corrected chi connectivity index (χ3v) is 5.53. The first kappa shape index (κ1) is 18.9. The first-order chi connectivity index (χ1) is 11.6. The van der Waals surface area contributed by atoms with Crippen LogP contribution in [0, 0.1) is 0 Å². The van der Waals surface area contributed by atoms with Crippen LogP contribution in [0.3, 0.4) is 0 Å². The lowest BCUT2D eigenvalue weighted by molar-refractivity contribution is 0.0954. The predicted octanol–water partition coefficient (Wildman–Crippen LogP) is 2.47. The highest BCUT2D eigenvalue weighted by Crippen LogP contribution is 2.20. The molecule has 24 heavy (non-hydrogen) atoms. The van der Waals surface area contributed by atoms with Crippen LogP contribution in [-0.2, 0) is 0 Å². The molecule has 1 aromatic rings. The molecular weight excluding hydrogens is 344 g/mol. The van der Waals surface area contributed by atoms with E-state index in [2.05, 4.69) is 27.4 Å². The maximum atomic E-state index is 12.0. The number of nitrogens with zero attached hydrogens (tertiary/aromatic N) is 2. The van der Waals surface area contributed by atoms with Crippen LogP contribution >= 0.6 is 23.4 Å². The fourth-order valence-electron chi connectivity index (χ4n) is 2.54. The highest BCUT2D eigenvalue weighted by atomic mass is 35.5. The SMILES string of the molecule is CCC1CN(C(=NC)NCCNC(=O)c2ccc(Cl)cc2)CCS1. The van der Waals surface area contributed by atoms with Gasteiger partial charge in [-0.05, 0) is 30.7 Å². The van der Waals surface area contributed by atoms with E-state index in [1.807, 2.05) is 11.8 Å². The van der Waals surface area contributed by atoms with E-state index in [9.17, 15) is 4.79 Å². The summed E-state index contributed by atoms with van der Waals surface area (Å²) in [5, 5.41) is 7.52. The molecule has 0 saturated carbocycles. The highest BCUT2D eigenvalue weighted by molar-refractivity contribution is 8.00. The first-order valence-electron chi connectivity index (χ1n) is 8.25. The van der Waals surface area contributed by atoms with Gasteiger partial charge in [-0.15, -0.1) is 0 Å². The fraction of sp³-hybridized carbons (Fsp3) is 0.529. The van der Waals surface area contributed by atoms with Crippen molar-refractivity contribution < 1.29 is 4.79 Å². The molecule has 0 spiro atoms. The third-order valence-electron chi connectivity index (χ3n) is 3.91. The fourth-order valence-corrected chi connectivity index (χ4v) is 3.85. The summed E-state index contributed by atoms with van der Waals surface area (Å²) < 4.78 is 0. The van der Waals surface area contributed by atoms with Gasteiger partial charge >= 0.3 is 0 Å². The van der Waals surface area contributed by atoms with Crippen LogP contribution in [0.5, 0.6) is 0 Å². The summed E-state index contributed by atoms with van der Waals surface area (Å²) in [5.41, 5.74) is 0.614. The van der Waals surface area contributed by atoms with Gasteiger partial charge in [-0.3, -0.25) is 9.79 Å². The van der Waals surface area contributed by atoms with Gasteiger partial charge in [0.2, 0.25) is 0 Å². The molecule has 0 aromatic heterocycles. The standard InChI is InChI=1S/C17H25ClN4OS/c1-3-15-12-22(10-11-24-15)17(19-2)21-9-8-20-16(23)13-4-6-14(18)7-5-13/h4-7,15H,3,8-12H2,1-2H3,(H,19,21)(H,20,23). The molecule has 2 N–H and O–H groups in total. The zero-order valence-corrected chi connectivity index (χ0v) is 15.8. The molecular formula is C17H25ClN4OS. The number of hydrogen-bond donors (Lipinski definition) is 2. The average Bonchev–Trinajstić information content (AvgIpc) is 2.62. The number of thioether (sulfide) groups is 1. The quantitative estimate of drug-likeness (QED) is 0.476. The number of amides is 1. The lowest BCUT2D eigenvalue weighted by Gasteiger charge is -2.34. The van der Waals surface area contributed by atoms with Crippen molar-refractivity contribution in [1.82, 2.24) is 15.5 Å². The van der Waals surface area contributed by atoms with E-state index in [0.717, 1.165) is 24.8 Å². The molecule has 1 fully saturated rings. The first-order valence-corrected chi connectivity index (χ1v) is 9.67. The van der Waals surface area contributed by atoms with Gasteiger partial charge in [0.25, 0.3) is 5.91 Å². The molecule has 1 unspecified atom stereocenters. The Kier molecular flexibility index (Phi) is 7.72. The number of carbonyl (C=O) groups is 1. The highest BCUT2D eigenvalue weighted by Gasteiger charge is 2.21. The van der Waals surface area contributed by atoms with Gasteiger partial charge in [0.05, 0.1) is 0 Å². The van der Waals surface area contributed by atoms with Crippen LogP contribution in [0.1, 0.15) is 23.7 Å². The molecule has 1 atom stereocenters. The number of hydrogen-bond acceptors (Lipinski definition) is 3. The zero-order chi connectivity index (χ0) is 17.4. The largest absolute Gasteiger partial charge is 0.354 e. The number of guanidine groups is 1. The Bertz CT molecular complexity index is 564. The average molecular weight is 369 g/mol. The van der Waals surface area contributed by atoms with Crippen molar-refractivity contribution in [3.63, 3.8) is 0 Å². The lowest BCUT2D eigenvalue weighted by atomic mass is 10.2. The summed E-state index contributed by atoms with van der Waals surface area (Å²) >= 11 is 7.86. The van der Waals surface area contributed by atoms with Crippen molar-refractivity contribution in [2.75, 3.05) is 39.0 Å². The van der Waals surface area contributed by atoms with Crippen LogP contribution in [0.4, 0.5) is 0 Å². The number of benzene rings is 1. The molecule has 1 saturated heterocycles. The summed E-state index contributed by atoms with van der Waals surface area (Å²) in [4.78, 5) is 18.7. The van der Waals surface area contributed by atoms with Gasteiger partial charge in [0.1, 0.15) is 0 Å². The number of rotatable bonds is 5. The molecule has 1 aliphatic rings. The van der Waals surface area contributed by atoms with E-state index in [1.165, 1.54) is 6.42 Å². The lowest BCUT2D eigenvalue weighted by Crippen LogP contribution is -2.49. The second-order valence-corrected chi connectivity index (χ2v) is 7.43. The van der Waals surface area contributed by atoms with Gasteiger partial charge in [-0.1, -0.05) is 18.5 Å². The van der Waals surface area contributed by atoms with Crippen LogP contribution < -0.4 is 10.6 Å². The minimum atomic E-state index is -0.0936. The summed E-state index contributed by atoms with van der Waals surface area (Å²) in [6.45, 7) is 5.45. The van der Waals surface area contributed by atoms with Crippen molar-refractivity contribution in [3.05, 3.63) is 34.9 Å². The number of halogens is 1. The smallest absolute Gasteiger partial charge is 0.251 e. The molecule has 2 rings (SSSR count). The van der Waals surface area contributed by atoms with Crippen molar-refractivity contribution in [1.29, 1.82) is 0 Å². The monoisotopic (exact) mass is 368 g/mol. The molecule has 0 bridgehead atoms. The van der Waals surface area contributed by atoms with E-state index in [0.29, 0.717) is 28.9 Å². The second-order valence-electron chi connectivity index (χ2n) is 5.58. The van der Waals surface area contributed by atoms with E-state index in [1.54, 1.807) is 31.3 Å². The van der Waals surface area contributed by atoms with Crippen LogP contribution in [0.2, 0.25) is 5.02 Å². The molecule has 1 aromatic carbocycles. The van der Waals surface area contributed by atoms with Crippen molar-refractivity contribution in [2.24, 2.45) is 4.99 Å². The van der Waals surface area contributed by atoms with Gasteiger partial charge in [0.15, 0.2) is 5.96 Å². The Morgan fingerprint density at radius 2 is 2.04 bits per heavy atom. The summed E-state index contributed by atoms with van der Waals surface area (Å²) in [5.74, 6) is 1.95. The molecule has 5 nitrogen and oxygen atoms in total. The van der Waals surface area contributed by atoms with E-state index in [-0.39, 0.29) is 5.91 Å². The number of carbonyl (C=O) groups excluding carboxylic acids is 1. The Balaban J connectivity index is 1.74. The van der Waals surface area contributed by atoms with E-state index >= 15 is 0 Å².